The van der Waals surface area contributed by atoms with Gasteiger partial charge in [0.05, 0.1) is 5.56 Å². The third kappa shape index (κ3) is 3.50. The van der Waals surface area contributed by atoms with Crippen molar-refractivity contribution < 1.29 is 9.90 Å². The Kier molecular flexibility index (Phi) is 4.61. The van der Waals surface area contributed by atoms with Gasteiger partial charge >= 0.3 is 0 Å². The van der Waals surface area contributed by atoms with E-state index in [-0.39, 0.29) is 17.2 Å². The highest BCUT2D eigenvalue weighted by atomic mass is 35.5. The number of amides is 1. The summed E-state index contributed by atoms with van der Waals surface area (Å²) in [6.45, 7) is 0.718. The van der Waals surface area contributed by atoms with Crippen molar-refractivity contribution in [3.05, 3.63) is 58.6 Å². The number of aromatic hydroxyl groups is 1. The summed E-state index contributed by atoms with van der Waals surface area (Å²) in [4.78, 5) is 12.1. The number of carbonyl (C=O) groups excluding carboxylic acids is 1. The molecule has 0 aliphatic rings. The second-order valence-electron chi connectivity index (χ2n) is 4.35. The van der Waals surface area contributed by atoms with Crippen molar-refractivity contribution in [2.75, 3.05) is 12.4 Å². The number of hydrogen-bond donors (Lipinski definition) is 3. The molecule has 0 bridgehead atoms. The predicted octanol–water partition coefficient (Wildman–Crippen LogP) is 3.02. The van der Waals surface area contributed by atoms with E-state index in [0.29, 0.717) is 10.7 Å². The van der Waals surface area contributed by atoms with Gasteiger partial charge in [0.25, 0.3) is 5.91 Å². The maximum absolute atomic E-state index is 12.1. The largest absolute Gasteiger partial charge is 0.507 e. The first-order valence-electron chi connectivity index (χ1n) is 6.13. The molecule has 3 N–H and O–H groups in total. The molecule has 0 saturated heterocycles. The lowest BCUT2D eigenvalue weighted by Gasteiger charge is -2.08. The summed E-state index contributed by atoms with van der Waals surface area (Å²) in [6.07, 6.45) is 0. The standard InChI is InChI=1S/C15H15ClN2O2/c1-17-9-10-3-2-4-12(7-10)18-15(20)13-6-5-11(16)8-14(13)19/h2-8,17,19H,9H2,1H3,(H,18,20). The average Bonchev–Trinajstić information content (AvgIpc) is 2.39. The predicted molar refractivity (Wildman–Crippen MR) is 80.3 cm³/mol. The summed E-state index contributed by atoms with van der Waals surface area (Å²) in [5.74, 6) is -0.512. The number of hydrogen-bond acceptors (Lipinski definition) is 3. The molecular weight excluding hydrogens is 276 g/mol. The summed E-state index contributed by atoms with van der Waals surface area (Å²) >= 11 is 5.74. The van der Waals surface area contributed by atoms with Crippen molar-refractivity contribution in [1.29, 1.82) is 0 Å². The van der Waals surface area contributed by atoms with Gasteiger partial charge < -0.3 is 15.7 Å². The summed E-state index contributed by atoms with van der Waals surface area (Å²) in [5, 5.41) is 15.9. The monoisotopic (exact) mass is 290 g/mol. The minimum Gasteiger partial charge on any atom is -0.507 e. The van der Waals surface area contributed by atoms with Gasteiger partial charge in [0.1, 0.15) is 5.75 Å². The van der Waals surface area contributed by atoms with Crippen LogP contribution in [0.15, 0.2) is 42.5 Å². The first kappa shape index (κ1) is 14.4. The molecule has 2 aromatic rings. The average molecular weight is 291 g/mol. The van der Waals surface area contributed by atoms with Gasteiger partial charge in [-0.1, -0.05) is 23.7 Å². The minimum atomic E-state index is -0.374. The number of carbonyl (C=O) groups is 1. The van der Waals surface area contributed by atoms with Crippen LogP contribution >= 0.6 is 11.6 Å². The highest BCUT2D eigenvalue weighted by Crippen LogP contribution is 2.23. The van der Waals surface area contributed by atoms with Crippen LogP contribution in [0.1, 0.15) is 15.9 Å². The molecule has 4 nitrogen and oxygen atoms in total. The van der Waals surface area contributed by atoms with Crippen LogP contribution < -0.4 is 10.6 Å². The number of halogens is 1. The van der Waals surface area contributed by atoms with Crippen molar-refractivity contribution in [3.8, 4) is 5.75 Å². The fraction of sp³-hybridized carbons (Fsp3) is 0.133. The fourth-order valence-corrected chi connectivity index (χ4v) is 2.02. The van der Waals surface area contributed by atoms with Crippen LogP contribution in [0.5, 0.6) is 5.75 Å². The number of nitrogens with one attached hydrogen (secondary N) is 2. The number of phenolic OH excluding ortho intramolecular Hbond substituents is 1. The van der Waals surface area contributed by atoms with Gasteiger partial charge in [-0.15, -0.1) is 0 Å². The third-order valence-corrected chi connectivity index (χ3v) is 3.01. The molecule has 0 aliphatic heterocycles. The van der Waals surface area contributed by atoms with E-state index in [1.807, 2.05) is 25.2 Å². The molecule has 0 spiro atoms. The lowest BCUT2D eigenvalue weighted by Crippen LogP contribution is -2.12. The van der Waals surface area contributed by atoms with Crippen LogP contribution in [0, 0.1) is 0 Å². The highest BCUT2D eigenvalue weighted by molar-refractivity contribution is 6.30. The molecule has 0 saturated carbocycles. The van der Waals surface area contributed by atoms with E-state index in [1.54, 1.807) is 12.1 Å². The van der Waals surface area contributed by atoms with E-state index in [9.17, 15) is 9.90 Å². The topological polar surface area (TPSA) is 61.4 Å². The lowest BCUT2D eigenvalue weighted by atomic mass is 10.1. The van der Waals surface area contributed by atoms with E-state index in [2.05, 4.69) is 10.6 Å². The van der Waals surface area contributed by atoms with Crippen molar-refractivity contribution in [3.63, 3.8) is 0 Å². The SMILES string of the molecule is CNCc1cccc(NC(=O)c2ccc(Cl)cc2O)c1. The summed E-state index contributed by atoms with van der Waals surface area (Å²) in [7, 11) is 1.86. The molecule has 0 radical (unpaired) electrons. The lowest BCUT2D eigenvalue weighted by molar-refractivity contribution is 0.102. The van der Waals surface area contributed by atoms with Crippen LogP contribution in [-0.2, 0) is 6.54 Å². The van der Waals surface area contributed by atoms with Crippen molar-refractivity contribution in [2.24, 2.45) is 0 Å². The molecule has 0 unspecified atom stereocenters. The van der Waals surface area contributed by atoms with Crippen LogP contribution in [0.3, 0.4) is 0 Å². The van der Waals surface area contributed by atoms with E-state index in [0.717, 1.165) is 12.1 Å². The molecular formula is C15H15ClN2O2. The Bertz CT molecular complexity index is 629. The molecule has 2 aromatic carbocycles. The van der Waals surface area contributed by atoms with Crippen LogP contribution in [0.4, 0.5) is 5.69 Å². The maximum Gasteiger partial charge on any atom is 0.259 e. The smallest absolute Gasteiger partial charge is 0.259 e. The Morgan fingerprint density at radius 3 is 2.75 bits per heavy atom. The molecule has 0 atom stereocenters. The Morgan fingerprint density at radius 2 is 2.05 bits per heavy atom. The van der Waals surface area contributed by atoms with Gasteiger partial charge in [-0.25, -0.2) is 0 Å². The zero-order valence-electron chi connectivity index (χ0n) is 11.0. The zero-order valence-corrected chi connectivity index (χ0v) is 11.7. The third-order valence-electron chi connectivity index (χ3n) is 2.77. The van der Waals surface area contributed by atoms with Gasteiger partial charge in [-0.2, -0.15) is 0 Å². The first-order chi connectivity index (χ1) is 9.60. The van der Waals surface area contributed by atoms with E-state index < -0.39 is 0 Å². The molecule has 0 aromatic heterocycles. The Morgan fingerprint density at radius 1 is 1.25 bits per heavy atom. The van der Waals surface area contributed by atoms with E-state index in [4.69, 9.17) is 11.6 Å². The minimum absolute atomic E-state index is 0.138. The number of anilines is 1. The van der Waals surface area contributed by atoms with Gasteiger partial charge in [-0.3, -0.25) is 4.79 Å². The van der Waals surface area contributed by atoms with Crippen LogP contribution in [-0.4, -0.2) is 18.1 Å². The summed E-state index contributed by atoms with van der Waals surface area (Å²) in [6, 6.07) is 11.9. The van der Waals surface area contributed by atoms with Crippen LogP contribution in [0.2, 0.25) is 5.02 Å². The molecule has 104 valence electrons. The second-order valence-corrected chi connectivity index (χ2v) is 4.78. The van der Waals surface area contributed by atoms with E-state index in [1.165, 1.54) is 12.1 Å². The zero-order chi connectivity index (χ0) is 14.5. The molecule has 0 fully saturated rings. The Labute approximate surface area is 122 Å². The summed E-state index contributed by atoms with van der Waals surface area (Å²) < 4.78 is 0. The molecule has 2 rings (SSSR count). The van der Waals surface area contributed by atoms with Gasteiger partial charge in [0.2, 0.25) is 0 Å². The van der Waals surface area contributed by atoms with Crippen LogP contribution in [0.25, 0.3) is 0 Å². The fourth-order valence-electron chi connectivity index (χ4n) is 1.86. The van der Waals surface area contributed by atoms with Gasteiger partial charge in [0.15, 0.2) is 0 Å². The highest BCUT2D eigenvalue weighted by Gasteiger charge is 2.11. The van der Waals surface area contributed by atoms with Crippen molar-refractivity contribution in [1.82, 2.24) is 5.32 Å². The van der Waals surface area contributed by atoms with Crippen molar-refractivity contribution in [2.45, 2.75) is 6.54 Å². The molecule has 0 aliphatic carbocycles. The van der Waals surface area contributed by atoms with Crippen molar-refractivity contribution >= 4 is 23.2 Å². The van der Waals surface area contributed by atoms with Gasteiger partial charge in [-0.05, 0) is 42.9 Å². The summed E-state index contributed by atoms with van der Waals surface area (Å²) in [5.41, 5.74) is 1.93. The normalized spacial score (nSPS) is 10.3. The molecule has 20 heavy (non-hydrogen) atoms. The molecule has 0 heterocycles. The first-order valence-corrected chi connectivity index (χ1v) is 6.51. The van der Waals surface area contributed by atoms with E-state index >= 15 is 0 Å². The molecule has 5 heteroatoms. The number of rotatable bonds is 4. The second kappa shape index (κ2) is 6.41. The Balaban J connectivity index is 2.17. The number of benzene rings is 2. The quantitative estimate of drug-likeness (QED) is 0.811. The van der Waals surface area contributed by atoms with Gasteiger partial charge in [0, 0.05) is 17.3 Å². The Hall–Kier alpha value is -2.04. The molecule has 1 amide bonds. The maximum atomic E-state index is 12.1. The number of phenols is 1.